The average molecular weight is 266 g/mol. The van der Waals surface area contributed by atoms with Crippen molar-refractivity contribution in [3.63, 3.8) is 0 Å². The highest BCUT2D eigenvalue weighted by Gasteiger charge is 2.43. The Morgan fingerprint density at radius 3 is 2.79 bits per heavy atom. The summed E-state index contributed by atoms with van der Waals surface area (Å²) in [6.07, 6.45) is 3.83. The first-order valence-corrected chi connectivity index (χ1v) is 6.81. The third-order valence-corrected chi connectivity index (χ3v) is 4.40. The van der Waals surface area contributed by atoms with Gasteiger partial charge in [0.1, 0.15) is 17.2 Å². The maximum atomic E-state index is 13.2. The summed E-state index contributed by atoms with van der Waals surface area (Å²) in [7, 11) is 1.73. The van der Waals surface area contributed by atoms with Gasteiger partial charge in [-0.05, 0) is 43.9 Å². The first-order chi connectivity index (χ1) is 9.12. The van der Waals surface area contributed by atoms with Crippen LogP contribution in [0, 0.1) is 5.82 Å². The standard InChI is InChI=1S/C15H19FO3/c1-18-11-4-6-15(7-5-11)9-13(17)12-8-10(16)2-3-14(12)19-15/h2-3,8,11,13,17H,4-7,9H2,1H3. The molecule has 0 saturated heterocycles. The molecule has 1 heterocycles. The lowest BCUT2D eigenvalue weighted by Crippen LogP contribution is -2.45. The summed E-state index contributed by atoms with van der Waals surface area (Å²) in [6.45, 7) is 0. The van der Waals surface area contributed by atoms with Crippen molar-refractivity contribution in [1.82, 2.24) is 0 Å². The summed E-state index contributed by atoms with van der Waals surface area (Å²) in [5.41, 5.74) is 0.263. The van der Waals surface area contributed by atoms with Crippen LogP contribution in [0.15, 0.2) is 18.2 Å². The maximum absolute atomic E-state index is 13.2. The van der Waals surface area contributed by atoms with Crippen molar-refractivity contribution in [3.05, 3.63) is 29.6 Å². The number of hydrogen-bond donors (Lipinski definition) is 1. The fourth-order valence-electron chi connectivity index (χ4n) is 3.27. The van der Waals surface area contributed by atoms with Crippen molar-refractivity contribution in [3.8, 4) is 5.75 Å². The summed E-state index contributed by atoms with van der Waals surface area (Å²) < 4.78 is 24.7. The highest BCUT2D eigenvalue weighted by molar-refractivity contribution is 5.38. The monoisotopic (exact) mass is 266 g/mol. The molecule has 1 atom stereocenters. The molecule has 0 bridgehead atoms. The molecule has 3 nitrogen and oxygen atoms in total. The van der Waals surface area contributed by atoms with E-state index in [1.807, 2.05) is 0 Å². The van der Waals surface area contributed by atoms with E-state index in [9.17, 15) is 9.50 Å². The molecular weight excluding hydrogens is 247 g/mol. The minimum absolute atomic E-state index is 0.293. The molecule has 1 aromatic carbocycles. The summed E-state index contributed by atoms with van der Waals surface area (Å²) in [6, 6.07) is 4.37. The van der Waals surface area contributed by atoms with Crippen LogP contribution in [0.4, 0.5) is 4.39 Å². The Labute approximate surface area is 112 Å². The van der Waals surface area contributed by atoms with E-state index < -0.39 is 6.10 Å². The number of ether oxygens (including phenoxy) is 2. The molecule has 1 fully saturated rings. The van der Waals surface area contributed by atoms with Gasteiger partial charge in [-0.25, -0.2) is 4.39 Å². The number of hydrogen-bond acceptors (Lipinski definition) is 3. The van der Waals surface area contributed by atoms with Crippen molar-refractivity contribution in [2.75, 3.05) is 7.11 Å². The Morgan fingerprint density at radius 1 is 1.37 bits per heavy atom. The fourth-order valence-corrected chi connectivity index (χ4v) is 3.27. The third kappa shape index (κ3) is 2.35. The Morgan fingerprint density at radius 2 is 2.11 bits per heavy atom. The lowest BCUT2D eigenvalue weighted by molar-refractivity contribution is -0.0673. The van der Waals surface area contributed by atoms with E-state index in [4.69, 9.17) is 9.47 Å². The predicted octanol–water partition coefficient (Wildman–Crippen LogP) is 2.97. The van der Waals surface area contributed by atoms with Crippen LogP contribution in [0.25, 0.3) is 0 Å². The Bertz CT molecular complexity index is 466. The van der Waals surface area contributed by atoms with E-state index in [0.717, 1.165) is 25.7 Å². The first kappa shape index (κ1) is 12.9. The molecule has 1 aliphatic carbocycles. The lowest BCUT2D eigenvalue weighted by Gasteiger charge is -2.44. The molecule has 0 amide bonds. The summed E-state index contributed by atoms with van der Waals surface area (Å²) in [4.78, 5) is 0. The molecule has 0 radical (unpaired) electrons. The van der Waals surface area contributed by atoms with Crippen molar-refractivity contribution in [1.29, 1.82) is 0 Å². The molecule has 1 aromatic rings. The molecule has 1 spiro atoms. The van der Waals surface area contributed by atoms with Gasteiger partial charge in [-0.1, -0.05) is 0 Å². The molecule has 1 N–H and O–H groups in total. The van der Waals surface area contributed by atoms with Crippen molar-refractivity contribution in [2.45, 2.75) is 49.9 Å². The zero-order valence-corrected chi connectivity index (χ0v) is 11.1. The van der Waals surface area contributed by atoms with E-state index in [0.29, 0.717) is 23.8 Å². The van der Waals surface area contributed by atoms with Crippen molar-refractivity contribution < 1.29 is 19.0 Å². The van der Waals surface area contributed by atoms with E-state index in [1.54, 1.807) is 13.2 Å². The molecule has 2 aliphatic rings. The van der Waals surface area contributed by atoms with Crippen LogP contribution in [-0.4, -0.2) is 23.9 Å². The number of rotatable bonds is 1. The van der Waals surface area contributed by atoms with Gasteiger partial charge in [-0.2, -0.15) is 0 Å². The van der Waals surface area contributed by atoms with Crippen LogP contribution in [0.2, 0.25) is 0 Å². The van der Waals surface area contributed by atoms with Crippen molar-refractivity contribution in [2.24, 2.45) is 0 Å². The number of aliphatic hydroxyl groups is 1. The van der Waals surface area contributed by atoms with E-state index >= 15 is 0 Å². The number of methoxy groups -OCH3 is 1. The second-order valence-corrected chi connectivity index (χ2v) is 5.62. The van der Waals surface area contributed by atoms with Gasteiger partial charge >= 0.3 is 0 Å². The number of aliphatic hydroxyl groups excluding tert-OH is 1. The SMILES string of the molecule is COC1CCC2(CC1)CC(O)c1cc(F)ccc1O2. The van der Waals surface area contributed by atoms with Crippen LogP contribution >= 0.6 is 0 Å². The highest BCUT2D eigenvalue weighted by Crippen LogP contribution is 2.46. The second-order valence-electron chi connectivity index (χ2n) is 5.62. The Hall–Kier alpha value is -1.13. The summed E-state index contributed by atoms with van der Waals surface area (Å²) >= 11 is 0. The molecule has 19 heavy (non-hydrogen) atoms. The maximum Gasteiger partial charge on any atom is 0.126 e. The van der Waals surface area contributed by atoms with Crippen LogP contribution < -0.4 is 4.74 Å². The minimum atomic E-state index is -0.640. The zero-order valence-electron chi connectivity index (χ0n) is 11.1. The second kappa shape index (κ2) is 4.76. The van der Waals surface area contributed by atoms with Gasteiger partial charge in [0.05, 0.1) is 12.2 Å². The molecular formula is C15H19FO3. The highest BCUT2D eigenvalue weighted by atomic mass is 19.1. The molecule has 1 aliphatic heterocycles. The van der Waals surface area contributed by atoms with Crippen LogP contribution in [0.1, 0.15) is 43.8 Å². The van der Waals surface area contributed by atoms with Gasteiger partial charge in [-0.15, -0.1) is 0 Å². The lowest BCUT2D eigenvalue weighted by atomic mass is 9.77. The summed E-state index contributed by atoms with van der Waals surface area (Å²) in [5, 5.41) is 10.2. The van der Waals surface area contributed by atoms with Gasteiger partial charge in [-0.3, -0.25) is 0 Å². The molecule has 1 unspecified atom stereocenters. The Balaban J connectivity index is 1.83. The molecule has 3 rings (SSSR count). The van der Waals surface area contributed by atoms with Crippen LogP contribution in [-0.2, 0) is 4.74 Å². The van der Waals surface area contributed by atoms with Gasteiger partial charge in [0, 0.05) is 19.1 Å². The Kier molecular flexibility index (Phi) is 3.23. The van der Waals surface area contributed by atoms with Crippen LogP contribution in [0.5, 0.6) is 5.75 Å². The molecule has 1 saturated carbocycles. The quantitative estimate of drug-likeness (QED) is 0.849. The van der Waals surface area contributed by atoms with Crippen molar-refractivity contribution >= 4 is 0 Å². The van der Waals surface area contributed by atoms with E-state index in [1.165, 1.54) is 12.1 Å². The average Bonchev–Trinajstić information content (AvgIpc) is 2.41. The molecule has 4 heteroatoms. The molecule has 104 valence electrons. The first-order valence-electron chi connectivity index (χ1n) is 6.81. The minimum Gasteiger partial charge on any atom is -0.487 e. The number of fused-ring (bicyclic) bond motifs is 1. The topological polar surface area (TPSA) is 38.7 Å². The van der Waals surface area contributed by atoms with Gasteiger partial charge in [0.25, 0.3) is 0 Å². The van der Waals surface area contributed by atoms with E-state index in [2.05, 4.69) is 0 Å². The largest absolute Gasteiger partial charge is 0.487 e. The normalized spacial score (nSPS) is 33.8. The van der Waals surface area contributed by atoms with E-state index in [-0.39, 0.29) is 11.4 Å². The number of benzene rings is 1. The van der Waals surface area contributed by atoms with Gasteiger partial charge in [0.2, 0.25) is 0 Å². The fraction of sp³-hybridized carbons (Fsp3) is 0.600. The third-order valence-electron chi connectivity index (χ3n) is 4.40. The number of halogens is 1. The smallest absolute Gasteiger partial charge is 0.126 e. The molecule has 0 aromatic heterocycles. The van der Waals surface area contributed by atoms with Crippen LogP contribution in [0.3, 0.4) is 0 Å². The van der Waals surface area contributed by atoms with Gasteiger partial charge < -0.3 is 14.6 Å². The zero-order chi connectivity index (χ0) is 13.5. The summed E-state index contributed by atoms with van der Waals surface area (Å²) in [5.74, 6) is 0.288. The van der Waals surface area contributed by atoms with Gasteiger partial charge in [0.15, 0.2) is 0 Å². The predicted molar refractivity (Wildman–Crippen MR) is 68.6 cm³/mol.